The first-order chi connectivity index (χ1) is 16.3. The van der Waals surface area contributed by atoms with E-state index in [-0.39, 0.29) is 22.8 Å². The van der Waals surface area contributed by atoms with Crippen LogP contribution in [0.5, 0.6) is 17.2 Å². The number of carbonyl (C=O) groups excluding carboxylic acids is 2. The van der Waals surface area contributed by atoms with Gasteiger partial charge in [0.05, 0.1) is 26.7 Å². The fourth-order valence-corrected chi connectivity index (χ4v) is 4.58. The number of hydrogen-bond donors (Lipinski definition) is 2. The molecule has 2 N–H and O–H groups in total. The lowest BCUT2D eigenvalue weighted by Gasteiger charge is -2.35. The molecule has 178 valence electrons. The van der Waals surface area contributed by atoms with Crippen LogP contribution in [0.25, 0.3) is 10.8 Å². The molecule has 34 heavy (non-hydrogen) atoms. The van der Waals surface area contributed by atoms with E-state index in [1.807, 2.05) is 36.2 Å². The zero-order chi connectivity index (χ0) is 24.4. The Morgan fingerprint density at radius 2 is 1.79 bits per heavy atom. The number of aromatic hydroxyl groups is 1. The molecule has 1 aliphatic heterocycles. The van der Waals surface area contributed by atoms with Crippen LogP contribution in [0.15, 0.2) is 42.6 Å². The predicted molar refractivity (Wildman–Crippen MR) is 127 cm³/mol. The number of methoxy groups -OCH3 is 2. The largest absolute Gasteiger partial charge is 0.507 e. The minimum Gasteiger partial charge on any atom is -0.507 e. The summed E-state index contributed by atoms with van der Waals surface area (Å²) in [6, 6.07) is 10.7. The van der Waals surface area contributed by atoms with Crippen molar-refractivity contribution >= 4 is 22.3 Å². The van der Waals surface area contributed by atoms with Crippen LogP contribution >= 0.6 is 0 Å². The quantitative estimate of drug-likeness (QED) is 0.405. The lowest BCUT2D eigenvalue weighted by Crippen LogP contribution is -2.40. The number of likely N-dealkylation sites (N-methyl/N-ethyl adjacent to an activating group) is 1. The van der Waals surface area contributed by atoms with Gasteiger partial charge in [0, 0.05) is 35.7 Å². The molecule has 4 rings (SSSR count). The fourth-order valence-electron chi connectivity index (χ4n) is 4.58. The van der Waals surface area contributed by atoms with Crippen LogP contribution in [0.4, 0.5) is 0 Å². The summed E-state index contributed by atoms with van der Waals surface area (Å²) in [5, 5.41) is 23.6. The number of likely N-dealkylation sites (tertiary alicyclic amines) is 1. The molecule has 0 radical (unpaired) electrons. The molecule has 2 heterocycles. The molecule has 0 saturated carbocycles. The summed E-state index contributed by atoms with van der Waals surface area (Å²) < 4.78 is 10.8. The molecule has 3 aromatic rings. The van der Waals surface area contributed by atoms with Gasteiger partial charge in [-0.3, -0.25) is 14.6 Å². The maximum absolute atomic E-state index is 13.3. The van der Waals surface area contributed by atoms with Crippen molar-refractivity contribution in [2.45, 2.75) is 24.9 Å². The second kappa shape index (κ2) is 9.79. The van der Waals surface area contributed by atoms with Gasteiger partial charge in [0.2, 0.25) is 0 Å². The first kappa shape index (κ1) is 23.7. The average Bonchev–Trinajstić information content (AvgIpc) is 2.83. The lowest BCUT2D eigenvalue weighted by molar-refractivity contribution is 0.0618. The van der Waals surface area contributed by atoms with Crippen LogP contribution in [0.2, 0.25) is 0 Å². The molecular formula is C26H28N2O6. The Labute approximate surface area is 197 Å². The minimum atomic E-state index is -0.752. The standard InChI is InChI=1S/C26H28N2O6/c1-28-9-8-17(21(31)14-28)24-22(33-2)12-23(34-3)25(26(24)32)20(30)11-19(29)18-10-15-6-4-5-7-16(15)13-27-18/h4-7,10,12-13,17,21,31-32H,8-9,11,14H2,1-3H3. The number of phenolic OH excluding ortho intramolecular Hbond substituents is 1. The molecule has 2 aromatic carbocycles. The van der Waals surface area contributed by atoms with Crippen molar-refractivity contribution in [3.05, 3.63) is 59.4 Å². The van der Waals surface area contributed by atoms with Gasteiger partial charge in [-0.05, 0) is 31.5 Å². The Hall–Kier alpha value is -3.49. The number of phenols is 1. The third-order valence-corrected chi connectivity index (χ3v) is 6.38. The van der Waals surface area contributed by atoms with Gasteiger partial charge in [0.1, 0.15) is 28.5 Å². The molecule has 0 aliphatic carbocycles. The van der Waals surface area contributed by atoms with Gasteiger partial charge >= 0.3 is 0 Å². The number of benzene rings is 2. The molecule has 1 aliphatic rings. The number of pyridine rings is 1. The predicted octanol–water partition coefficient (Wildman–Crippen LogP) is 3.19. The number of fused-ring (bicyclic) bond motifs is 1. The summed E-state index contributed by atoms with van der Waals surface area (Å²) in [5.41, 5.74) is 0.423. The molecule has 2 unspecified atom stereocenters. The number of hydrogen-bond acceptors (Lipinski definition) is 8. The number of carbonyl (C=O) groups is 2. The van der Waals surface area contributed by atoms with E-state index in [2.05, 4.69) is 4.98 Å². The summed E-state index contributed by atoms with van der Waals surface area (Å²) >= 11 is 0. The fraction of sp³-hybridized carbons (Fsp3) is 0.346. The van der Waals surface area contributed by atoms with Crippen molar-refractivity contribution in [1.82, 2.24) is 9.88 Å². The molecule has 8 heteroatoms. The minimum absolute atomic E-state index is 0.0985. The first-order valence-electron chi connectivity index (χ1n) is 11.1. The molecule has 1 saturated heterocycles. The smallest absolute Gasteiger partial charge is 0.188 e. The van der Waals surface area contributed by atoms with E-state index >= 15 is 0 Å². The number of ether oxygens (including phenoxy) is 2. The SMILES string of the molecule is COc1cc(OC)c(C2CCN(C)CC2O)c(O)c1C(=O)CC(=O)c1cc2ccccc2cn1. The second-order valence-electron chi connectivity index (χ2n) is 8.58. The topological polar surface area (TPSA) is 109 Å². The van der Waals surface area contributed by atoms with Crippen molar-refractivity contribution < 1.29 is 29.3 Å². The van der Waals surface area contributed by atoms with Gasteiger partial charge in [-0.2, -0.15) is 0 Å². The number of Topliss-reactive ketones (excluding diaryl/α,β-unsaturated/α-hetero) is 2. The Morgan fingerprint density at radius 3 is 2.47 bits per heavy atom. The Balaban J connectivity index is 1.69. The maximum Gasteiger partial charge on any atom is 0.188 e. The van der Waals surface area contributed by atoms with E-state index < -0.39 is 30.0 Å². The zero-order valence-corrected chi connectivity index (χ0v) is 19.4. The molecule has 8 nitrogen and oxygen atoms in total. The highest BCUT2D eigenvalue weighted by Gasteiger charge is 2.35. The monoisotopic (exact) mass is 464 g/mol. The van der Waals surface area contributed by atoms with Gasteiger partial charge in [-0.15, -0.1) is 0 Å². The second-order valence-corrected chi connectivity index (χ2v) is 8.58. The van der Waals surface area contributed by atoms with Crippen LogP contribution in [0.1, 0.15) is 45.2 Å². The van der Waals surface area contributed by atoms with E-state index in [0.29, 0.717) is 30.8 Å². The van der Waals surface area contributed by atoms with Gasteiger partial charge in [-0.1, -0.05) is 24.3 Å². The Kier molecular flexibility index (Phi) is 6.81. The van der Waals surface area contributed by atoms with Gasteiger partial charge in [0.25, 0.3) is 0 Å². The van der Waals surface area contributed by atoms with Crippen molar-refractivity contribution in [2.75, 3.05) is 34.4 Å². The number of aliphatic hydroxyl groups excluding tert-OH is 1. The van der Waals surface area contributed by atoms with E-state index in [0.717, 1.165) is 10.8 Å². The normalized spacial score (nSPS) is 18.6. The summed E-state index contributed by atoms with van der Waals surface area (Å²) in [7, 11) is 4.74. The summed E-state index contributed by atoms with van der Waals surface area (Å²) in [6.45, 7) is 1.14. The van der Waals surface area contributed by atoms with Crippen molar-refractivity contribution in [1.29, 1.82) is 0 Å². The number of piperidine rings is 1. The number of β-amino-alcohol motifs (C(OH)–C–C–N with tert-alkyl or cyclic N) is 1. The third-order valence-electron chi connectivity index (χ3n) is 6.38. The van der Waals surface area contributed by atoms with E-state index in [1.165, 1.54) is 20.3 Å². The first-order valence-corrected chi connectivity index (χ1v) is 11.1. The highest BCUT2D eigenvalue weighted by molar-refractivity contribution is 6.15. The van der Waals surface area contributed by atoms with Crippen LogP contribution in [0, 0.1) is 0 Å². The third kappa shape index (κ3) is 4.47. The highest BCUT2D eigenvalue weighted by atomic mass is 16.5. The summed E-state index contributed by atoms with van der Waals surface area (Å²) in [5.74, 6) is -1.39. The zero-order valence-electron chi connectivity index (χ0n) is 19.4. The molecular weight excluding hydrogens is 436 g/mol. The maximum atomic E-state index is 13.3. The number of aromatic nitrogens is 1. The number of aliphatic hydroxyl groups is 1. The Bertz CT molecular complexity index is 1240. The highest BCUT2D eigenvalue weighted by Crippen LogP contribution is 2.46. The lowest BCUT2D eigenvalue weighted by atomic mass is 9.84. The van der Waals surface area contributed by atoms with Gasteiger partial charge < -0.3 is 24.6 Å². The average molecular weight is 465 g/mol. The molecule has 1 aromatic heterocycles. The Morgan fingerprint density at radius 1 is 1.09 bits per heavy atom. The van der Waals surface area contributed by atoms with Crippen molar-refractivity contribution in [2.24, 2.45) is 0 Å². The summed E-state index contributed by atoms with van der Waals surface area (Å²) in [6.07, 6.45) is 0.926. The van der Waals surface area contributed by atoms with E-state index in [4.69, 9.17) is 9.47 Å². The summed E-state index contributed by atoms with van der Waals surface area (Å²) in [4.78, 5) is 32.4. The van der Waals surface area contributed by atoms with Crippen LogP contribution < -0.4 is 9.47 Å². The number of nitrogens with zero attached hydrogens (tertiary/aromatic N) is 2. The van der Waals surface area contributed by atoms with Crippen LogP contribution in [-0.4, -0.2) is 72.1 Å². The van der Waals surface area contributed by atoms with Gasteiger partial charge in [0.15, 0.2) is 11.6 Å². The molecule has 0 amide bonds. The van der Waals surface area contributed by atoms with E-state index in [1.54, 1.807) is 12.3 Å². The molecule has 0 spiro atoms. The molecule has 1 fully saturated rings. The van der Waals surface area contributed by atoms with Crippen molar-refractivity contribution in [3.63, 3.8) is 0 Å². The van der Waals surface area contributed by atoms with Gasteiger partial charge in [-0.25, -0.2) is 0 Å². The van der Waals surface area contributed by atoms with E-state index in [9.17, 15) is 19.8 Å². The van der Waals surface area contributed by atoms with Crippen LogP contribution in [0.3, 0.4) is 0 Å². The molecule has 2 atom stereocenters. The number of rotatable bonds is 7. The number of ketones is 2. The van der Waals surface area contributed by atoms with Crippen molar-refractivity contribution in [3.8, 4) is 17.2 Å². The van der Waals surface area contributed by atoms with Crippen LogP contribution in [-0.2, 0) is 0 Å². The molecule has 0 bridgehead atoms.